The topological polar surface area (TPSA) is 61.9 Å². The van der Waals surface area contributed by atoms with Crippen molar-refractivity contribution in [2.45, 2.75) is 13.5 Å². The number of allylic oxidation sites excluding steroid dienone is 2. The number of nitrogens with zero attached hydrogens (tertiary/aromatic N) is 4. The van der Waals surface area contributed by atoms with Crippen molar-refractivity contribution in [2.24, 2.45) is 0 Å². The Labute approximate surface area is 135 Å². The number of rotatable bonds is 6. The van der Waals surface area contributed by atoms with Crippen LogP contribution in [0.5, 0.6) is 0 Å². The number of nitriles is 1. The summed E-state index contributed by atoms with van der Waals surface area (Å²) in [6.07, 6.45) is 6.41. The zero-order chi connectivity index (χ0) is 16.7. The summed E-state index contributed by atoms with van der Waals surface area (Å²) < 4.78 is 1.73. The number of carbonyl (C=O) groups excluding carboxylic acids is 1. The number of aromatic nitrogens is 2. The van der Waals surface area contributed by atoms with Crippen LogP contribution in [0.4, 0.5) is 0 Å². The van der Waals surface area contributed by atoms with Crippen molar-refractivity contribution in [3.63, 3.8) is 0 Å². The predicted molar refractivity (Wildman–Crippen MR) is 89.2 cm³/mol. The van der Waals surface area contributed by atoms with Crippen LogP contribution in [0.1, 0.15) is 23.1 Å². The maximum absolute atomic E-state index is 12.9. The minimum Gasteiger partial charge on any atom is -0.323 e. The van der Waals surface area contributed by atoms with E-state index in [1.54, 1.807) is 27.9 Å². The highest BCUT2D eigenvalue weighted by Gasteiger charge is 2.23. The van der Waals surface area contributed by atoms with Crippen LogP contribution in [0.15, 0.2) is 61.5 Å². The van der Waals surface area contributed by atoms with Crippen molar-refractivity contribution >= 4 is 11.6 Å². The summed E-state index contributed by atoms with van der Waals surface area (Å²) >= 11 is 0. The molecule has 0 spiro atoms. The highest BCUT2D eigenvalue weighted by molar-refractivity contribution is 5.97. The molecule has 23 heavy (non-hydrogen) atoms. The van der Waals surface area contributed by atoms with E-state index in [4.69, 9.17) is 5.26 Å². The van der Waals surface area contributed by atoms with E-state index in [9.17, 15) is 4.79 Å². The smallest absolute Gasteiger partial charge is 0.294 e. The van der Waals surface area contributed by atoms with E-state index in [0.717, 1.165) is 5.56 Å². The van der Waals surface area contributed by atoms with Gasteiger partial charge in [-0.2, -0.15) is 5.26 Å². The molecule has 0 N–H and O–H groups in total. The SMILES string of the molecule is C=CCn1ccnc1C(=O)N(CC)/C(=C\C#N)c1ccccc1. The fourth-order valence-corrected chi connectivity index (χ4v) is 2.32. The second-order valence-corrected chi connectivity index (χ2v) is 4.77. The van der Waals surface area contributed by atoms with Crippen molar-refractivity contribution < 1.29 is 4.79 Å². The van der Waals surface area contributed by atoms with Crippen LogP contribution in [0.3, 0.4) is 0 Å². The van der Waals surface area contributed by atoms with E-state index >= 15 is 0 Å². The van der Waals surface area contributed by atoms with Gasteiger partial charge >= 0.3 is 0 Å². The van der Waals surface area contributed by atoms with Crippen LogP contribution in [0.25, 0.3) is 5.70 Å². The molecule has 5 heteroatoms. The molecule has 1 heterocycles. The zero-order valence-corrected chi connectivity index (χ0v) is 13.0. The second-order valence-electron chi connectivity index (χ2n) is 4.77. The molecule has 0 aliphatic heterocycles. The first-order chi connectivity index (χ1) is 11.2. The number of carbonyl (C=O) groups is 1. The average molecular weight is 306 g/mol. The fourth-order valence-electron chi connectivity index (χ4n) is 2.32. The van der Waals surface area contributed by atoms with E-state index in [1.807, 2.05) is 43.3 Å². The molecular formula is C18H18N4O. The third-order valence-corrected chi connectivity index (χ3v) is 3.36. The minimum atomic E-state index is -0.246. The van der Waals surface area contributed by atoms with E-state index in [-0.39, 0.29) is 5.91 Å². The first-order valence-corrected chi connectivity index (χ1v) is 7.32. The van der Waals surface area contributed by atoms with Gasteiger partial charge < -0.3 is 9.47 Å². The van der Waals surface area contributed by atoms with Crippen molar-refractivity contribution in [2.75, 3.05) is 6.54 Å². The lowest BCUT2D eigenvalue weighted by Crippen LogP contribution is -2.31. The predicted octanol–water partition coefficient (Wildman–Crippen LogP) is 3.10. The van der Waals surface area contributed by atoms with E-state index in [0.29, 0.717) is 24.6 Å². The summed E-state index contributed by atoms with van der Waals surface area (Å²) in [4.78, 5) is 18.6. The van der Waals surface area contributed by atoms with Crippen molar-refractivity contribution in [3.8, 4) is 6.07 Å². The molecule has 2 rings (SSSR count). The highest BCUT2D eigenvalue weighted by atomic mass is 16.2. The lowest BCUT2D eigenvalue weighted by molar-refractivity contribution is 0.0825. The lowest BCUT2D eigenvalue weighted by atomic mass is 10.1. The maximum Gasteiger partial charge on any atom is 0.294 e. The van der Waals surface area contributed by atoms with Crippen molar-refractivity contribution in [1.29, 1.82) is 5.26 Å². The van der Waals surface area contributed by atoms with Gasteiger partial charge in [-0.15, -0.1) is 6.58 Å². The number of hydrogen-bond acceptors (Lipinski definition) is 3. The molecule has 0 atom stereocenters. The van der Waals surface area contributed by atoms with Crippen LogP contribution in [0.2, 0.25) is 0 Å². The molecule has 0 aliphatic carbocycles. The molecule has 5 nitrogen and oxygen atoms in total. The molecule has 0 fully saturated rings. The Morgan fingerprint density at radius 1 is 1.43 bits per heavy atom. The molecule has 0 saturated carbocycles. The normalized spacial score (nSPS) is 10.9. The molecule has 0 saturated heterocycles. The summed E-state index contributed by atoms with van der Waals surface area (Å²) in [5.74, 6) is 0.0798. The zero-order valence-electron chi connectivity index (χ0n) is 13.0. The van der Waals surface area contributed by atoms with Gasteiger partial charge in [-0.25, -0.2) is 4.98 Å². The Morgan fingerprint density at radius 3 is 2.78 bits per heavy atom. The molecule has 0 radical (unpaired) electrons. The maximum atomic E-state index is 12.9. The Balaban J connectivity index is 2.42. The van der Waals surface area contributed by atoms with Gasteiger partial charge in [0, 0.05) is 31.6 Å². The summed E-state index contributed by atoms with van der Waals surface area (Å²) in [5, 5.41) is 9.10. The van der Waals surface area contributed by atoms with E-state index < -0.39 is 0 Å². The summed E-state index contributed by atoms with van der Waals surface area (Å²) in [6, 6.07) is 11.4. The summed E-state index contributed by atoms with van der Waals surface area (Å²) in [5.41, 5.74) is 1.37. The van der Waals surface area contributed by atoms with Crippen LogP contribution < -0.4 is 0 Å². The van der Waals surface area contributed by atoms with Crippen LogP contribution >= 0.6 is 0 Å². The van der Waals surface area contributed by atoms with Crippen molar-refractivity contribution in [1.82, 2.24) is 14.5 Å². The lowest BCUT2D eigenvalue weighted by Gasteiger charge is -2.23. The summed E-state index contributed by atoms with van der Waals surface area (Å²) in [7, 11) is 0. The fraction of sp³-hybridized carbons (Fsp3) is 0.167. The largest absolute Gasteiger partial charge is 0.323 e. The molecule has 116 valence electrons. The first kappa shape index (κ1) is 16.2. The Hall–Kier alpha value is -3.13. The number of imidazole rings is 1. The van der Waals surface area contributed by atoms with Crippen LogP contribution in [-0.2, 0) is 6.54 Å². The second kappa shape index (κ2) is 7.76. The standard InChI is InChI=1S/C18H18N4O/c1-3-13-21-14-12-20-17(21)18(23)22(4-2)16(10-11-19)15-8-6-5-7-9-15/h3,5-10,12,14H,1,4,13H2,2H3/b16-10-. The molecular weight excluding hydrogens is 288 g/mol. The third-order valence-electron chi connectivity index (χ3n) is 3.36. The molecule has 0 unspecified atom stereocenters. The van der Waals surface area contributed by atoms with Gasteiger partial charge in [-0.05, 0) is 12.5 Å². The van der Waals surface area contributed by atoms with E-state index in [2.05, 4.69) is 11.6 Å². The molecule has 1 aromatic heterocycles. The monoisotopic (exact) mass is 306 g/mol. The van der Waals surface area contributed by atoms with Gasteiger partial charge in [0.2, 0.25) is 0 Å². The quantitative estimate of drug-likeness (QED) is 0.608. The van der Waals surface area contributed by atoms with Gasteiger partial charge in [0.05, 0.1) is 11.8 Å². The number of benzene rings is 1. The molecule has 1 aromatic carbocycles. The Morgan fingerprint density at radius 2 is 2.17 bits per heavy atom. The van der Waals surface area contributed by atoms with Gasteiger partial charge in [-0.1, -0.05) is 36.4 Å². The van der Waals surface area contributed by atoms with E-state index in [1.165, 1.54) is 6.08 Å². The molecule has 0 bridgehead atoms. The average Bonchev–Trinajstić information content (AvgIpc) is 3.04. The number of hydrogen-bond donors (Lipinski definition) is 0. The van der Waals surface area contributed by atoms with Crippen molar-refractivity contribution in [3.05, 3.63) is 72.8 Å². The van der Waals surface area contributed by atoms with Gasteiger partial charge in [0.15, 0.2) is 5.82 Å². The molecule has 0 aliphatic rings. The summed E-state index contributed by atoms with van der Waals surface area (Å²) in [6.45, 7) is 6.49. The Kier molecular flexibility index (Phi) is 5.48. The van der Waals surface area contributed by atoms with Gasteiger partial charge in [-0.3, -0.25) is 4.79 Å². The van der Waals surface area contributed by atoms with Crippen LogP contribution in [-0.4, -0.2) is 26.9 Å². The Bertz CT molecular complexity index is 753. The molecule has 1 amide bonds. The highest BCUT2D eigenvalue weighted by Crippen LogP contribution is 2.21. The minimum absolute atomic E-state index is 0.246. The molecule has 2 aromatic rings. The third kappa shape index (κ3) is 3.55. The number of amides is 1. The van der Waals surface area contributed by atoms with Gasteiger partial charge in [0.1, 0.15) is 0 Å². The van der Waals surface area contributed by atoms with Crippen LogP contribution in [0, 0.1) is 11.3 Å². The first-order valence-electron chi connectivity index (χ1n) is 7.32. The van der Waals surface area contributed by atoms with Gasteiger partial charge in [0.25, 0.3) is 5.91 Å².